The molecule has 0 aromatic heterocycles. The Morgan fingerprint density at radius 1 is 1.03 bits per heavy atom. The van der Waals surface area contributed by atoms with Crippen molar-refractivity contribution in [2.45, 2.75) is 38.5 Å². The quantitative estimate of drug-likeness (QED) is 0.775. The van der Waals surface area contributed by atoms with Crippen LogP contribution in [0.1, 0.15) is 38.5 Å². The first kappa shape index (κ1) is 19.7. The Labute approximate surface area is 177 Å². The van der Waals surface area contributed by atoms with Gasteiger partial charge in [-0.15, -0.1) is 0 Å². The van der Waals surface area contributed by atoms with Gasteiger partial charge in [0.1, 0.15) is 13.2 Å². The molecule has 0 saturated heterocycles. The molecule has 4 bridgehead atoms. The summed E-state index contributed by atoms with van der Waals surface area (Å²) in [4.78, 5) is 26.8. The van der Waals surface area contributed by atoms with Gasteiger partial charge in [0.15, 0.2) is 11.5 Å². The van der Waals surface area contributed by atoms with Crippen LogP contribution < -0.4 is 20.1 Å². The normalized spacial score (nSPS) is 30.9. The second-order valence-corrected chi connectivity index (χ2v) is 9.95. The highest BCUT2D eigenvalue weighted by Gasteiger charge is 2.51. The van der Waals surface area contributed by atoms with Crippen LogP contribution in [-0.2, 0) is 4.79 Å². The van der Waals surface area contributed by atoms with Crippen molar-refractivity contribution in [2.75, 3.05) is 38.7 Å². The monoisotopic (exact) mass is 413 g/mol. The Balaban J connectivity index is 1.11. The van der Waals surface area contributed by atoms with Crippen molar-refractivity contribution in [1.82, 2.24) is 10.2 Å². The van der Waals surface area contributed by atoms with E-state index in [-0.39, 0.29) is 12.5 Å². The third-order valence-corrected chi connectivity index (χ3v) is 7.24. The zero-order valence-corrected chi connectivity index (χ0v) is 17.6. The lowest BCUT2D eigenvalue weighted by molar-refractivity contribution is -0.122. The van der Waals surface area contributed by atoms with Gasteiger partial charge >= 0.3 is 6.03 Å². The van der Waals surface area contributed by atoms with E-state index in [1.165, 1.54) is 38.5 Å². The number of carbonyl (C=O) groups is 2. The second-order valence-electron chi connectivity index (χ2n) is 9.95. The summed E-state index contributed by atoms with van der Waals surface area (Å²) in [6.45, 7) is 2.19. The van der Waals surface area contributed by atoms with Gasteiger partial charge in [0.25, 0.3) is 0 Å². The van der Waals surface area contributed by atoms with E-state index in [0.29, 0.717) is 35.8 Å². The number of nitrogens with zero attached hydrogens (tertiary/aromatic N) is 1. The minimum absolute atomic E-state index is 0.232. The molecule has 2 N–H and O–H groups in total. The van der Waals surface area contributed by atoms with Crippen LogP contribution in [0.3, 0.4) is 0 Å². The first-order valence-electron chi connectivity index (χ1n) is 11.2. The predicted octanol–water partition coefficient (Wildman–Crippen LogP) is 3.25. The number of carbonyl (C=O) groups excluding carboxylic acids is 2. The summed E-state index contributed by atoms with van der Waals surface area (Å²) in [5.74, 6) is 3.67. The highest BCUT2D eigenvalue weighted by atomic mass is 16.6. The van der Waals surface area contributed by atoms with Gasteiger partial charge in [-0.1, -0.05) is 0 Å². The van der Waals surface area contributed by atoms with Gasteiger partial charge < -0.3 is 14.8 Å². The lowest BCUT2D eigenvalue weighted by Gasteiger charge is -2.57. The smallest absolute Gasteiger partial charge is 0.325 e. The summed E-state index contributed by atoms with van der Waals surface area (Å²) in [5, 5.41) is 5.14. The van der Waals surface area contributed by atoms with Crippen LogP contribution in [-0.4, -0.2) is 50.2 Å². The van der Waals surface area contributed by atoms with E-state index < -0.39 is 6.03 Å². The number of amides is 3. The van der Waals surface area contributed by atoms with E-state index in [1.807, 2.05) is 7.05 Å². The van der Waals surface area contributed by atoms with Gasteiger partial charge in [0, 0.05) is 18.3 Å². The molecule has 4 saturated carbocycles. The molecule has 0 radical (unpaired) electrons. The van der Waals surface area contributed by atoms with E-state index in [1.54, 1.807) is 18.2 Å². The number of likely N-dealkylation sites (N-methyl/N-ethyl adjacent to an activating group) is 1. The standard InChI is InChI=1S/C23H31N3O4/c1-26(14-23-10-15-6-16(11-23)8-17(7-15)12-23)13-21(27)25-22(28)24-18-2-3-19-20(9-18)30-5-4-29-19/h2-3,9,15-17H,4-8,10-14H2,1H3,(H2,24,25,27,28). The average Bonchev–Trinajstić information content (AvgIpc) is 2.65. The van der Waals surface area contributed by atoms with Crippen molar-refractivity contribution in [3.8, 4) is 11.5 Å². The minimum atomic E-state index is -0.528. The summed E-state index contributed by atoms with van der Waals surface area (Å²) in [7, 11) is 2.00. The maximum Gasteiger partial charge on any atom is 0.325 e. The lowest BCUT2D eigenvalue weighted by Crippen LogP contribution is -2.52. The summed E-state index contributed by atoms with van der Waals surface area (Å²) in [6.07, 6.45) is 8.21. The maximum absolute atomic E-state index is 12.4. The summed E-state index contributed by atoms with van der Waals surface area (Å²) in [6, 6.07) is 4.67. The van der Waals surface area contributed by atoms with Crippen LogP contribution in [0.2, 0.25) is 0 Å². The number of imide groups is 1. The Kier molecular flexibility index (Phi) is 5.09. The zero-order chi connectivity index (χ0) is 20.7. The maximum atomic E-state index is 12.4. The van der Waals surface area contributed by atoms with Crippen molar-refractivity contribution in [3.63, 3.8) is 0 Å². The summed E-state index contributed by atoms with van der Waals surface area (Å²) < 4.78 is 11.0. The fourth-order valence-electron chi connectivity index (χ4n) is 6.81. The van der Waals surface area contributed by atoms with Gasteiger partial charge in [-0.25, -0.2) is 4.79 Å². The van der Waals surface area contributed by atoms with Crippen molar-refractivity contribution < 1.29 is 19.1 Å². The SMILES string of the molecule is CN(CC(=O)NC(=O)Nc1ccc2c(c1)OCCO2)CC12CC3CC(CC(C3)C1)C2. The van der Waals surface area contributed by atoms with Gasteiger partial charge in [0.05, 0.1) is 6.54 Å². The molecule has 7 nitrogen and oxygen atoms in total. The third kappa shape index (κ3) is 4.13. The topological polar surface area (TPSA) is 79.9 Å². The van der Waals surface area contributed by atoms with E-state index in [9.17, 15) is 9.59 Å². The van der Waals surface area contributed by atoms with E-state index in [4.69, 9.17) is 9.47 Å². The fourth-order valence-corrected chi connectivity index (χ4v) is 6.81. The molecule has 5 aliphatic rings. The molecule has 162 valence electrons. The molecular formula is C23H31N3O4. The zero-order valence-electron chi connectivity index (χ0n) is 17.6. The van der Waals surface area contributed by atoms with E-state index in [2.05, 4.69) is 15.5 Å². The van der Waals surface area contributed by atoms with Crippen LogP contribution in [0.25, 0.3) is 0 Å². The Morgan fingerprint density at radius 3 is 2.33 bits per heavy atom. The molecule has 0 unspecified atom stereocenters. The van der Waals surface area contributed by atoms with Gasteiger partial charge in [-0.2, -0.15) is 0 Å². The second kappa shape index (κ2) is 7.76. The van der Waals surface area contributed by atoms with E-state index in [0.717, 1.165) is 24.3 Å². The lowest BCUT2D eigenvalue weighted by atomic mass is 9.49. The number of ether oxygens (including phenoxy) is 2. The van der Waals surface area contributed by atoms with Crippen LogP contribution >= 0.6 is 0 Å². The number of benzene rings is 1. The molecule has 1 aliphatic heterocycles. The highest BCUT2D eigenvalue weighted by molar-refractivity contribution is 6.01. The average molecular weight is 414 g/mol. The Hall–Kier alpha value is -2.28. The molecule has 1 aromatic carbocycles. The minimum Gasteiger partial charge on any atom is -0.486 e. The predicted molar refractivity (Wildman–Crippen MR) is 113 cm³/mol. The van der Waals surface area contributed by atoms with Crippen LogP contribution in [0.4, 0.5) is 10.5 Å². The number of rotatable bonds is 5. The molecule has 7 heteroatoms. The number of nitrogens with one attached hydrogen (secondary N) is 2. The number of urea groups is 1. The van der Waals surface area contributed by atoms with E-state index >= 15 is 0 Å². The van der Waals surface area contributed by atoms with Crippen molar-refractivity contribution in [3.05, 3.63) is 18.2 Å². The molecule has 3 amide bonds. The molecule has 0 atom stereocenters. The number of hydrogen-bond donors (Lipinski definition) is 2. The molecule has 4 fully saturated rings. The molecule has 30 heavy (non-hydrogen) atoms. The van der Waals surface area contributed by atoms with Crippen LogP contribution in [0.15, 0.2) is 18.2 Å². The molecule has 1 aromatic rings. The summed E-state index contributed by atoms with van der Waals surface area (Å²) >= 11 is 0. The molecule has 0 spiro atoms. The highest BCUT2D eigenvalue weighted by Crippen LogP contribution is 2.60. The molecule has 1 heterocycles. The number of fused-ring (bicyclic) bond motifs is 1. The Bertz CT molecular complexity index is 804. The molecule has 6 rings (SSSR count). The first-order chi connectivity index (χ1) is 14.5. The Morgan fingerprint density at radius 2 is 1.67 bits per heavy atom. The summed E-state index contributed by atoms with van der Waals surface area (Å²) in [5.41, 5.74) is 0.948. The van der Waals surface area contributed by atoms with Crippen molar-refractivity contribution in [2.24, 2.45) is 23.2 Å². The first-order valence-corrected chi connectivity index (χ1v) is 11.2. The van der Waals surface area contributed by atoms with Gasteiger partial charge in [-0.3, -0.25) is 15.0 Å². The molecule has 4 aliphatic carbocycles. The largest absolute Gasteiger partial charge is 0.486 e. The van der Waals surface area contributed by atoms with Crippen molar-refractivity contribution in [1.29, 1.82) is 0 Å². The van der Waals surface area contributed by atoms with Gasteiger partial charge in [0.2, 0.25) is 5.91 Å². The fraction of sp³-hybridized carbons (Fsp3) is 0.652. The third-order valence-electron chi connectivity index (χ3n) is 7.24. The number of anilines is 1. The van der Waals surface area contributed by atoms with Gasteiger partial charge in [-0.05, 0) is 80.9 Å². The van der Waals surface area contributed by atoms with Crippen LogP contribution in [0.5, 0.6) is 11.5 Å². The van der Waals surface area contributed by atoms with Crippen molar-refractivity contribution >= 4 is 17.6 Å². The molecular weight excluding hydrogens is 382 g/mol. The number of hydrogen-bond acceptors (Lipinski definition) is 5. The van der Waals surface area contributed by atoms with Crippen LogP contribution in [0, 0.1) is 23.2 Å².